The molecule has 5 atom stereocenters. The zero-order chi connectivity index (χ0) is 79.2. The third-order valence-electron chi connectivity index (χ3n) is 21.0. The summed E-state index contributed by atoms with van der Waals surface area (Å²) in [7, 11) is -9.93. The number of phosphoric acid groups is 2. The molecule has 642 valence electrons. The van der Waals surface area contributed by atoms with Crippen LogP contribution >= 0.6 is 15.6 Å². The van der Waals surface area contributed by atoms with Gasteiger partial charge in [-0.2, -0.15) is 0 Å². The minimum atomic E-state index is -4.97. The molecule has 0 saturated heterocycles. The van der Waals surface area contributed by atoms with E-state index in [1.54, 1.807) is 0 Å². The van der Waals surface area contributed by atoms with E-state index >= 15 is 0 Å². The van der Waals surface area contributed by atoms with Crippen molar-refractivity contribution in [3.8, 4) is 0 Å². The number of aliphatic hydroxyl groups excluding tert-OH is 1. The van der Waals surface area contributed by atoms with E-state index in [1.165, 1.54) is 289 Å². The highest BCUT2D eigenvalue weighted by Gasteiger charge is 2.31. The first kappa shape index (κ1) is 106. The Morgan fingerprint density at radius 1 is 0.250 bits per heavy atom. The Morgan fingerprint density at radius 2 is 0.426 bits per heavy atom. The monoisotopic (exact) mass is 1580 g/mol. The summed E-state index contributed by atoms with van der Waals surface area (Å²) in [4.78, 5) is 73.2. The van der Waals surface area contributed by atoms with E-state index in [0.29, 0.717) is 31.6 Å². The second-order valence-corrected chi connectivity index (χ2v) is 35.8. The third kappa shape index (κ3) is 82.1. The SMILES string of the molecule is CCCCCCCCCCCCCCCCCCCCCCCCC(=O)O[C@H](COC(=O)CCCCCCCCCCCCCCCCCCCCCCC)COP(=O)(O)OC[C@@H](O)COP(=O)(O)OC[C@@H](COC(=O)CCCCCCCCC(C)C)OC(=O)CCCCCCCCCCCCCCCC(C)C. The van der Waals surface area contributed by atoms with Crippen molar-refractivity contribution in [2.75, 3.05) is 39.6 Å². The zero-order valence-corrected chi connectivity index (χ0v) is 73.0. The summed E-state index contributed by atoms with van der Waals surface area (Å²) in [6, 6.07) is 0. The van der Waals surface area contributed by atoms with E-state index in [9.17, 15) is 43.2 Å². The number of hydrogen-bond acceptors (Lipinski definition) is 15. The van der Waals surface area contributed by atoms with E-state index in [1.807, 2.05) is 0 Å². The lowest BCUT2D eigenvalue weighted by molar-refractivity contribution is -0.161. The molecule has 0 aromatic heterocycles. The maximum absolute atomic E-state index is 13.2. The Kier molecular flexibility index (Phi) is 78.8. The van der Waals surface area contributed by atoms with Gasteiger partial charge >= 0.3 is 39.5 Å². The molecular formula is C89H174O17P2. The van der Waals surface area contributed by atoms with E-state index < -0.39 is 97.5 Å². The van der Waals surface area contributed by atoms with Gasteiger partial charge in [-0.1, -0.05) is 427 Å². The van der Waals surface area contributed by atoms with Gasteiger partial charge < -0.3 is 33.8 Å². The van der Waals surface area contributed by atoms with Gasteiger partial charge in [-0.15, -0.1) is 0 Å². The summed E-state index contributed by atoms with van der Waals surface area (Å²) in [5, 5.41) is 10.7. The highest BCUT2D eigenvalue weighted by Crippen LogP contribution is 2.45. The van der Waals surface area contributed by atoms with Crippen LogP contribution in [-0.4, -0.2) is 96.7 Å². The van der Waals surface area contributed by atoms with Crippen LogP contribution < -0.4 is 0 Å². The standard InChI is InChI=1S/C89H174O17P2/c1-7-9-11-13-15-17-19-21-23-25-27-29-31-33-35-37-41-45-49-53-61-67-73-88(93)105-84(77-99-86(91)71-65-59-52-48-44-40-36-34-32-30-28-26-24-22-20-18-16-14-12-10-8-2)79-103-107(95,96)101-75-83(90)76-102-108(97,98)104-80-85(78-100-87(92)72-66-60-56-55-58-64-70-82(5)6)106-89(94)74-68-62-54-50-46-42-38-39-43-47-51-57-63-69-81(3)4/h81-85,90H,7-80H2,1-6H3,(H,95,96)(H,97,98)/t83-,84-,85-/m1/s1. The van der Waals surface area contributed by atoms with Gasteiger partial charge in [0.1, 0.15) is 19.3 Å². The normalized spacial score (nSPS) is 13.8. The van der Waals surface area contributed by atoms with Crippen LogP contribution in [-0.2, 0) is 65.4 Å². The minimum Gasteiger partial charge on any atom is -0.462 e. The van der Waals surface area contributed by atoms with Gasteiger partial charge in [0.2, 0.25) is 0 Å². The van der Waals surface area contributed by atoms with Crippen LogP contribution in [0, 0.1) is 11.8 Å². The molecule has 0 radical (unpaired) electrons. The van der Waals surface area contributed by atoms with Crippen LogP contribution in [0.15, 0.2) is 0 Å². The lowest BCUT2D eigenvalue weighted by atomic mass is 10.0. The van der Waals surface area contributed by atoms with Crippen molar-refractivity contribution in [2.45, 2.75) is 496 Å². The van der Waals surface area contributed by atoms with Crippen LogP contribution in [0.5, 0.6) is 0 Å². The molecule has 0 amide bonds. The first-order valence-electron chi connectivity index (χ1n) is 46.0. The second-order valence-electron chi connectivity index (χ2n) is 32.9. The molecule has 0 aromatic carbocycles. The Bertz CT molecular complexity index is 2060. The van der Waals surface area contributed by atoms with Crippen molar-refractivity contribution in [1.82, 2.24) is 0 Å². The van der Waals surface area contributed by atoms with Crippen LogP contribution in [0.1, 0.15) is 478 Å². The Labute approximate surface area is 664 Å². The fourth-order valence-electron chi connectivity index (χ4n) is 14.0. The molecule has 0 aliphatic carbocycles. The first-order chi connectivity index (χ1) is 52.4. The molecule has 0 heterocycles. The van der Waals surface area contributed by atoms with Gasteiger partial charge in [0.25, 0.3) is 0 Å². The van der Waals surface area contributed by atoms with E-state index in [2.05, 4.69) is 41.5 Å². The molecule has 108 heavy (non-hydrogen) atoms. The van der Waals surface area contributed by atoms with E-state index in [0.717, 1.165) is 102 Å². The molecule has 2 unspecified atom stereocenters. The molecule has 0 bridgehead atoms. The van der Waals surface area contributed by atoms with Crippen molar-refractivity contribution < 1.29 is 80.2 Å². The number of ether oxygens (including phenoxy) is 4. The number of phosphoric ester groups is 2. The number of rotatable bonds is 88. The van der Waals surface area contributed by atoms with Gasteiger partial charge in [0, 0.05) is 25.7 Å². The second kappa shape index (κ2) is 80.3. The van der Waals surface area contributed by atoms with Gasteiger partial charge in [-0.05, 0) is 37.5 Å². The molecule has 0 aliphatic heterocycles. The predicted molar refractivity (Wildman–Crippen MR) is 446 cm³/mol. The highest BCUT2D eigenvalue weighted by atomic mass is 31.2. The van der Waals surface area contributed by atoms with Crippen LogP contribution in [0.25, 0.3) is 0 Å². The van der Waals surface area contributed by atoms with E-state index in [-0.39, 0.29) is 25.7 Å². The molecule has 0 spiro atoms. The Balaban J connectivity index is 5.19. The molecule has 19 heteroatoms. The lowest BCUT2D eigenvalue weighted by Crippen LogP contribution is -2.30. The maximum atomic E-state index is 13.2. The van der Waals surface area contributed by atoms with Crippen molar-refractivity contribution in [2.24, 2.45) is 11.8 Å². The van der Waals surface area contributed by atoms with Gasteiger partial charge in [-0.25, -0.2) is 9.13 Å². The largest absolute Gasteiger partial charge is 0.472 e. The van der Waals surface area contributed by atoms with Gasteiger partial charge in [-0.3, -0.25) is 37.3 Å². The smallest absolute Gasteiger partial charge is 0.462 e. The molecule has 0 saturated carbocycles. The Hall–Kier alpha value is -1.94. The first-order valence-corrected chi connectivity index (χ1v) is 49.0. The average molecular weight is 1580 g/mol. The quantitative estimate of drug-likeness (QED) is 0.0222. The van der Waals surface area contributed by atoms with Crippen LogP contribution in [0.2, 0.25) is 0 Å². The van der Waals surface area contributed by atoms with E-state index in [4.69, 9.17) is 37.0 Å². The minimum absolute atomic E-state index is 0.107. The molecule has 0 fully saturated rings. The van der Waals surface area contributed by atoms with Crippen molar-refractivity contribution >= 4 is 39.5 Å². The fourth-order valence-corrected chi connectivity index (χ4v) is 15.5. The van der Waals surface area contributed by atoms with Crippen LogP contribution in [0.3, 0.4) is 0 Å². The highest BCUT2D eigenvalue weighted by molar-refractivity contribution is 7.47. The summed E-state index contributed by atoms with van der Waals surface area (Å²) in [6.07, 6.45) is 74.1. The number of unbranched alkanes of at least 4 members (excludes halogenated alkanes) is 58. The summed E-state index contributed by atoms with van der Waals surface area (Å²) < 4.78 is 68.9. The zero-order valence-electron chi connectivity index (χ0n) is 71.2. The number of aliphatic hydroxyl groups is 1. The van der Waals surface area contributed by atoms with Gasteiger partial charge in [0.15, 0.2) is 12.2 Å². The Morgan fingerprint density at radius 3 is 0.630 bits per heavy atom. The summed E-state index contributed by atoms with van der Waals surface area (Å²) >= 11 is 0. The molecular weight excluding hydrogens is 1400 g/mol. The molecule has 0 aromatic rings. The molecule has 0 rings (SSSR count). The topological polar surface area (TPSA) is 237 Å². The lowest BCUT2D eigenvalue weighted by Gasteiger charge is -2.21. The number of hydrogen-bond donors (Lipinski definition) is 3. The number of carbonyl (C=O) groups excluding carboxylic acids is 4. The predicted octanol–water partition coefficient (Wildman–Crippen LogP) is 27.4. The van der Waals surface area contributed by atoms with Crippen LogP contribution in [0.4, 0.5) is 0 Å². The molecule has 17 nitrogen and oxygen atoms in total. The van der Waals surface area contributed by atoms with Crippen molar-refractivity contribution in [3.63, 3.8) is 0 Å². The fraction of sp³-hybridized carbons (Fsp3) is 0.955. The van der Waals surface area contributed by atoms with Crippen molar-refractivity contribution in [3.05, 3.63) is 0 Å². The molecule has 0 aliphatic rings. The maximum Gasteiger partial charge on any atom is 0.472 e. The summed E-state index contributed by atoms with van der Waals surface area (Å²) in [6.45, 7) is 9.61. The summed E-state index contributed by atoms with van der Waals surface area (Å²) in [5.41, 5.74) is 0. The molecule has 3 N–H and O–H groups in total. The average Bonchev–Trinajstić information content (AvgIpc) is 0.901. The third-order valence-corrected chi connectivity index (χ3v) is 22.9. The van der Waals surface area contributed by atoms with Crippen molar-refractivity contribution in [1.29, 1.82) is 0 Å². The summed E-state index contributed by atoms with van der Waals surface area (Å²) in [5.74, 6) is -0.638. The van der Waals surface area contributed by atoms with Gasteiger partial charge in [0.05, 0.1) is 26.4 Å². The number of esters is 4. The number of carbonyl (C=O) groups is 4.